The maximum atomic E-state index is 12.5. The molecule has 2 aromatic rings. The molecule has 1 saturated heterocycles. The van der Waals surface area contributed by atoms with Crippen LogP contribution in [0.4, 0.5) is 0 Å². The van der Waals surface area contributed by atoms with E-state index in [0.717, 1.165) is 0 Å². The van der Waals surface area contributed by atoms with Crippen molar-refractivity contribution in [3.05, 3.63) is 36.8 Å². The lowest BCUT2D eigenvalue weighted by Crippen LogP contribution is -2.42. The zero-order valence-electron chi connectivity index (χ0n) is 11.5. The van der Waals surface area contributed by atoms with Gasteiger partial charge in [0.05, 0.1) is 24.8 Å². The van der Waals surface area contributed by atoms with Crippen LogP contribution < -0.4 is 0 Å². The molecule has 0 saturated carbocycles. The molecule has 3 heterocycles. The molecule has 0 aliphatic carbocycles. The van der Waals surface area contributed by atoms with Crippen molar-refractivity contribution in [3.63, 3.8) is 0 Å². The summed E-state index contributed by atoms with van der Waals surface area (Å²) < 4.78 is 33.6. The van der Waals surface area contributed by atoms with Crippen molar-refractivity contribution in [3.8, 4) is 0 Å². The fraction of sp³-hybridized carbons (Fsp3) is 0.417. The fourth-order valence-electron chi connectivity index (χ4n) is 2.15. The molecule has 0 amide bonds. The Morgan fingerprint density at radius 3 is 2.86 bits per heavy atom. The third-order valence-electron chi connectivity index (χ3n) is 3.23. The number of morpholine rings is 1. The van der Waals surface area contributed by atoms with Gasteiger partial charge < -0.3 is 9.30 Å². The standard InChI is InChI=1S/C12H15N5O3S/c1-16-8-12(15-9-16)21(18,19)17-4-5-20-11(7-17)10-6-13-2-3-14-10/h2-3,6,8-9,11H,4-5,7H2,1H3/t11-/m1/s1. The zero-order chi connectivity index (χ0) is 14.9. The third kappa shape index (κ3) is 2.80. The van der Waals surface area contributed by atoms with Crippen LogP contribution in [-0.4, -0.2) is 51.9 Å². The average molecular weight is 309 g/mol. The van der Waals surface area contributed by atoms with Gasteiger partial charge in [-0.25, -0.2) is 13.4 Å². The largest absolute Gasteiger partial charge is 0.369 e. The van der Waals surface area contributed by atoms with Gasteiger partial charge in [0, 0.05) is 38.7 Å². The van der Waals surface area contributed by atoms with E-state index < -0.39 is 16.1 Å². The van der Waals surface area contributed by atoms with Crippen LogP contribution in [0.1, 0.15) is 11.8 Å². The number of aromatic nitrogens is 4. The molecule has 9 heteroatoms. The van der Waals surface area contributed by atoms with Gasteiger partial charge in [-0.3, -0.25) is 9.97 Å². The predicted octanol–water partition coefficient (Wildman–Crippen LogP) is -0.0277. The summed E-state index contributed by atoms with van der Waals surface area (Å²) in [5, 5.41) is 0.0461. The SMILES string of the molecule is Cn1cnc(S(=O)(=O)N2CCO[C@@H](c3cnccn3)C2)c1. The van der Waals surface area contributed by atoms with Crippen molar-refractivity contribution >= 4 is 10.0 Å². The number of ether oxygens (including phenoxy) is 1. The van der Waals surface area contributed by atoms with Gasteiger partial charge in [0.2, 0.25) is 0 Å². The minimum absolute atomic E-state index is 0.0461. The lowest BCUT2D eigenvalue weighted by atomic mass is 10.2. The van der Waals surface area contributed by atoms with Gasteiger partial charge in [-0.15, -0.1) is 0 Å². The van der Waals surface area contributed by atoms with Crippen LogP contribution in [0.5, 0.6) is 0 Å². The van der Waals surface area contributed by atoms with Crippen LogP contribution in [0.2, 0.25) is 0 Å². The first kappa shape index (κ1) is 14.1. The molecule has 1 aliphatic rings. The maximum Gasteiger partial charge on any atom is 0.262 e. The number of hydrogen-bond acceptors (Lipinski definition) is 6. The van der Waals surface area contributed by atoms with E-state index in [1.54, 1.807) is 30.2 Å². The van der Waals surface area contributed by atoms with Crippen LogP contribution in [0.25, 0.3) is 0 Å². The van der Waals surface area contributed by atoms with E-state index in [1.165, 1.54) is 16.8 Å². The molecular weight excluding hydrogens is 294 g/mol. The van der Waals surface area contributed by atoms with Crippen molar-refractivity contribution in [2.24, 2.45) is 7.05 Å². The van der Waals surface area contributed by atoms with E-state index in [0.29, 0.717) is 18.8 Å². The highest BCUT2D eigenvalue weighted by Crippen LogP contribution is 2.24. The first-order valence-electron chi connectivity index (χ1n) is 6.43. The lowest BCUT2D eigenvalue weighted by molar-refractivity contribution is -0.00520. The number of rotatable bonds is 3. The smallest absolute Gasteiger partial charge is 0.262 e. The summed E-state index contributed by atoms with van der Waals surface area (Å²) >= 11 is 0. The van der Waals surface area contributed by atoms with Gasteiger partial charge in [0.15, 0.2) is 5.03 Å². The Hall–Kier alpha value is -1.84. The van der Waals surface area contributed by atoms with E-state index in [2.05, 4.69) is 15.0 Å². The minimum atomic E-state index is -3.61. The van der Waals surface area contributed by atoms with Crippen molar-refractivity contribution in [2.75, 3.05) is 19.7 Å². The molecule has 0 aromatic carbocycles. The monoisotopic (exact) mass is 309 g/mol. The normalized spacial score (nSPS) is 20.5. The molecule has 8 nitrogen and oxygen atoms in total. The quantitative estimate of drug-likeness (QED) is 0.791. The highest BCUT2D eigenvalue weighted by Gasteiger charge is 2.33. The number of imidazole rings is 1. The summed E-state index contributed by atoms with van der Waals surface area (Å²) in [6.45, 7) is 0.820. The molecule has 2 aromatic heterocycles. The molecule has 1 aliphatic heterocycles. The Balaban J connectivity index is 1.83. The Morgan fingerprint density at radius 1 is 1.33 bits per heavy atom. The molecule has 0 bridgehead atoms. The average Bonchev–Trinajstić information content (AvgIpc) is 2.96. The summed E-state index contributed by atoms with van der Waals surface area (Å²) in [7, 11) is -1.88. The van der Waals surface area contributed by atoms with Gasteiger partial charge in [-0.05, 0) is 0 Å². The van der Waals surface area contributed by atoms with Gasteiger partial charge in [-0.2, -0.15) is 4.31 Å². The molecule has 21 heavy (non-hydrogen) atoms. The summed E-state index contributed by atoms with van der Waals surface area (Å²) in [4.78, 5) is 12.1. The first-order valence-corrected chi connectivity index (χ1v) is 7.87. The Morgan fingerprint density at radius 2 is 2.19 bits per heavy atom. The molecule has 0 spiro atoms. The molecule has 1 atom stereocenters. The molecule has 112 valence electrons. The highest BCUT2D eigenvalue weighted by molar-refractivity contribution is 7.89. The lowest BCUT2D eigenvalue weighted by Gasteiger charge is -2.31. The molecular formula is C12H15N5O3S. The number of hydrogen-bond donors (Lipinski definition) is 0. The van der Waals surface area contributed by atoms with E-state index in [1.807, 2.05) is 0 Å². The third-order valence-corrected chi connectivity index (χ3v) is 4.98. The van der Waals surface area contributed by atoms with Gasteiger partial charge in [-0.1, -0.05) is 0 Å². The molecule has 0 N–H and O–H groups in total. The number of sulfonamides is 1. The molecule has 3 rings (SSSR count). The topological polar surface area (TPSA) is 90.2 Å². The van der Waals surface area contributed by atoms with Crippen molar-refractivity contribution < 1.29 is 13.2 Å². The summed E-state index contributed by atoms with van der Waals surface area (Å²) in [5.74, 6) is 0. The Labute approximate surface area is 122 Å². The van der Waals surface area contributed by atoms with Crippen molar-refractivity contribution in [1.29, 1.82) is 0 Å². The summed E-state index contributed by atoms with van der Waals surface area (Å²) in [6, 6.07) is 0. The fourth-order valence-corrected chi connectivity index (χ4v) is 3.55. The zero-order valence-corrected chi connectivity index (χ0v) is 12.3. The Kier molecular flexibility index (Phi) is 3.70. The van der Waals surface area contributed by atoms with Crippen LogP contribution in [0.3, 0.4) is 0 Å². The number of nitrogens with zero attached hydrogens (tertiary/aromatic N) is 5. The first-order chi connectivity index (χ1) is 10.1. The molecule has 0 unspecified atom stereocenters. The minimum Gasteiger partial charge on any atom is -0.369 e. The molecule has 1 fully saturated rings. The second-order valence-electron chi connectivity index (χ2n) is 4.73. The number of aryl methyl sites for hydroxylation is 1. The Bertz CT molecular complexity index is 716. The predicted molar refractivity (Wildman–Crippen MR) is 72.7 cm³/mol. The van der Waals surface area contributed by atoms with Gasteiger partial charge in [0.25, 0.3) is 10.0 Å². The van der Waals surface area contributed by atoms with Crippen LogP contribution >= 0.6 is 0 Å². The van der Waals surface area contributed by atoms with Crippen molar-refractivity contribution in [1.82, 2.24) is 23.8 Å². The van der Waals surface area contributed by atoms with Gasteiger partial charge in [0.1, 0.15) is 6.10 Å². The van der Waals surface area contributed by atoms with Crippen molar-refractivity contribution in [2.45, 2.75) is 11.1 Å². The summed E-state index contributed by atoms with van der Waals surface area (Å²) in [5.41, 5.74) is 0.624. The van der Waals surface area contributed by atoms with E-state index in [4.69, 9.17) is 4.74 Å². The van der Waals surface area contributed by atoms with Crippen LogP contribution in [0, 0.1) is 0 Å². The van der Waals surface area contributed by atoms with Crippen LogP contribution in [0.15, 0.2) is 36.1 Å². The maximum absolute atomic E-state index is 12.5. The summed E-state index contributed by atoms with van der Waals surface area (Å²) in [6.07, 6.45) is 7.25. The molecule has 0 radical (unpaired) electrons. The van der Waals surface area contributed by atoms with E-state index in [-0.39, 0.29) is 11.6 Å². The second kappa shape index (κ2) is 5.51. The second-order valence-corrected chi connectivity index (χ2v) is 6.61. The van der Waals surface area contributed by atoms with E-state index >= 15 is 0 Å². The van der Waals surface area contributed by atoms with Crippen LogP contribution in [-0.2, 0) is 21.8 Å². The highest BCUT2D eigenvalue weighted by atomic mass is 32.2. The van der Waals surface area contributed by atoms with E-state index in [9.17, 15) is 8.42 Å². The van der Waals surface area contributed by atoms with Gasteiger partial charge >= 0.3 is 0 Å².